The molecular formula is C32H39ClN2O3. The molecule has 1 saturated carbocycles. The van der Waals surface area contributed by atoms with E-state index in [9.17, 15) is 9.59 Å². The van der Waals surface area contributed by atoms with Gasteiger partial charge >= 0.3 is 0 Å². The fraction of sp³-hybridized carbons (Fsp3) is 0.469. The molecule has 0 atom stereocenters. The number of halogens is 1. The first-order valence-electron chi connectivity index (χ1n) is 13.9. The topological polar surface area (TPSA) is 72.2 Å². The van der Waals surface area contributed by atoms with Gasteiger partial charge in [-0.3, -0.25) is 9.59 Å². The number of rotatable bonds is 11. The molecule has 0 unspecified atom stereocenters. The molecule has 0 radical (unpaired) electrons. The average molecular weight is 535 g/mol. The lowest BCUT2D eigenvalue weighted by Crippen LogP contribution is -2.32. The lowest BCUT2D eigenvalue weighted by molar-refractivity contribution is 0.0611. The molecule has 202 valence electrons. The van der Waals surface area contributed by atoms with E-state index in [2.05, 4.69) is 6.92 Å². The van der Waals surface area contributed by atoms with Crippen LogP contribution in [0.4, 0.5) is 0 Å². The Morgan fingerprint density at radius 2 is 1.82 bits per heavy atom. The molecule has 1 aliphatic heterocycles. The molecule has 1 aromatic heterocycles. The van der Waals surface area contributed by atoms with Gasteiger partial charge in [0.2, 0.25) is 0 Å². The van der Waals surface area contributed by atoms with Crippen LogP contribution in [0.25, 0.3) is 11.1 Å². The van der Waals surface area contributed by atoms with Gasteiger partial charge in [0, 0.05) is 60.8 Å². The number of benzene rings is 1. The van der Waals surface area contributed by atoms with Gasteiger partial charge in [0.25, 0.3) is 0 Å². The minimum Gasteiger partial charge on any atom is -0.381 e. The number of aromatic nitrogens is 1. The molecule has 2 fully saturated rings. The van der Waals surface area contributed by atoms with Crippen molar-refractivity contribution < 1.29 is 9.53 Å². The molecule has 6 heteroatoms. The van der Waals surface area contributed by atoms with Crippen LogP contribution in [-0.4, -0.2) is 29.3 Å². The first kappa shape index (κ1) is 28.3. The zero-order chi connectivity index (χ0) is 27.1. The molecule has 5 nitrogen and oxygen atoms in total. The van der Waals surface area contributed by atoms with Crippen molar-refractivity contribution in [2.75, 3.05) is 13.2 Å². The van der Waals surface area contributed by atoms with E-state index in [0.29, 0.717) is 28.6 Å². The minimum absolute atomic E-state index is 0.0965. The van der Waals surface area contributed by atoms with E-state index >= 15 is 0 Å². The van der Waals surface area contributed by atoms with Gasteiger partial charge in [0.05, 0.1) is 5.56 Å². The number of carbonyl (C=O) groups excluding carboxylic acids is 1. The Morgan fingerprint density at radius 1 is 1.11 bits per heavy atom. The highest BCUT2D eigenvalue weighted by Crippen LogP contribution is 2.38. The number of allylic oxidation sites excluding steroid dienone is 4. The number of ketones is 1. The molecule has 2 aliphatic rings. The molecular weight excluding hydrogens is 496 g/mol. The zero-order valence-electron chi connectivity index (χ0n) is 22.5. The Morgan fingerprint density at radius 3 is 2.50 bits per heavy atom. The molecule has 4 rings (SSSR count). The van der Waals surface area contributed by atoms with E-state index in [4.69, 9.17) is 21.7 Å². The molecule has 0 bridgehead atoms. The molecule has 2 heterocycles. The highest BCUT2D eigenvalue weighted by atomic mass is 35.5. The largest absolute Gasteiger partial charge is 0.381 e. The predicted octanol–water partition coefficient (Wildman–Crippen LogP) is 7.35. The fourth-order valence-electron chi connectivity index (χ4n) is 5.29. The van der Waals surface area contributed by atoms with Gasteiger partial charge in [-0.1, -0.05) is 60.9 Å². The van der Waals surface area contributed by atoms with Gasteiger partial charge in [-0.05, 0) is 68.6 Å². The molecule has 1 aliphatic carbocycles. The smallest absolute Gasteiger partial charge is 0.200 e. The van der Waals surface area contributed by atoms with E-state index in [-0.39, 0.29) is 28.6 Å². The number of nitrogens with zero attached hydrogens (tertiary/aromatic N) is 1. The number of hydrogen-bond acceptors (Lipinski definition) is 4. The molecule has 38 heavy (non-hydrogen) atoms. The number of unbranched alkanes of at least 4 members (excludes halogenated alkanes) is 1. The summed E-state index contributed by atoms with van der Waals surface area (Å²) in [6, 6.07) is 7.91. The highest BCUT2D eigenvalue weighted by molar-refractivity contribution is 6.31. The zero-order valence-corrected chi connectivity index (χ0v) is 23.3. The Kier molecular flexibility index (Phi) is 9.92. The third kappa shape index (κ3) is 7.42. The normalized spacial score (nSPS) is 20.4. The molecule has 1 aromatic carbocycles. The Bertz CT molecular complexity index is 1250. The van der Waals surface area contributed by atoms with E-state index < -0.39 is 0 Å². The maximum absolute atomic E-state index is 13.5. The lowest BCUT2D eigenvalue weighted by Gasteiger charge is -2.34. The molecule has 1 N–H and O–H groups in total. The Balaban J connectivity index is 1.46. The summed E-state index contributed by atoms with van der Waals surface area (Å²) in [4.78, 5) is 26.9. The molecule has 1 saturated heterocycles. The van der Waals surface area contributed by atoms with Crippen molar-refractivity contribution >= 4 is 23.1 Å². The second kappa shape index (κ2) is 13.3. The summed E-state index contributed by atoms with van der Waals surface area (Å²) in [7, 11) is 0. The van der Waals surface area contributed by atoms with Crippen LogP contribution < -0.4 is 5.43 Å². The number of carbonyl (C=O) groups is 1. The maximum Gasteiger partial charge on any atom is 0.200 e. The fourth-order valence-corrected chi connectivity index (χ4v) is 5.46. The van der Waals surface area contributed by atoms with Gasteiger partial charge in [-0.2, -0.15) is 0 Å². The number of hydrogen-bond donors (Lipinski definition) is 1. The Labute approximate surface area is 231 Å². The van der Waals surface area contributed by atoms with Crippen molar-refractivity contribution in [1.82, 2.24) is 4.57 Å². The maximum atomic E-state index is 13.5. The summed E-state index contributed by atoms with van der Waals surface area (Å²) in [5, 5.41) is 9.02. The molecule has 2 aromatic rings. The van der Waals surface area contributed by atoms with Gasteiger partial charge in [-0.25, -0.2) is 0 Å². The summed E-state index contributed by atoms with van der Waals surface area (Å²) in [6.45, 7) is 6.41. The number of pyridine rings is 1. The predicted molar refractivity (Wildman–Crippen MR) is 155 cm³/mol. The van der Waals surface area contributed by atoms with Gasteiger partial charge in [0.1, 0.15) is 0 Å². The van der Waals surface area contributed by atoms with E-state index in [1.54, 1.807) is 18.3 Å². The first-order chi connectivity index (χ1) is 18.3. The van der Waals surface area contributed by atoms with E-state index in [1.807, 2.05) is 48.0 Å². The third-order valence-electron chi connectivity index (χ3n) is 7.75. The monoisotopic (exact) mass is 534 g/mol. The van der Waals surface area contributed by atoms with Crippen molar-refractivity contribution in [2.24, 2.45) is 17.8 Å². The van der Waals surface area contributed by atoms with Gasteiger partial charge < -0.3 is 14.7 Å². The van der Waals surface area contributed by atoms with Crippen LogP contribution in [-0.2, 0) is 11.3 Å². The summed E-state index contributed by atoms with van der Waals surface area (Å²) >= 11 is 6.18. The van der Waals surface area contributed by atoms with Crippen molar-refractivity contribution in [2.45, 2.75) is 65.3 Å². The second-order valence-electron chi connectivity index (χ2n) is 10.9. The Hall–Kier alpha value is -2.76. The lowest BCUT2D eigenvalue weighted by atomic mass is 9.70. The van der Waals surface area contributed by atoms with Crippen LogP contribution in [0.15, 0.2) is 64.7 Å². The summed E-state index contributed by atoms with van der Waals surface area (Å²) < 4.78 is 7.55. The van der Waals surface area contributed by atoms with Crippen molar-refractivity contribution in [3.8, 4) is 11.1 Å². The van der Waals surface area contributed by atoms with Crippen LogP contribution in [0.2, 0.25) is 0 Å². The summed E-state index contributed by atoms with van der Waals surface area (Å²) in [5.41, 5.74) is 3.18. The minimum atomic E-state index is -0.192. The molecule has 0 amide bonds. The number of ether oxygens (including phenoxy) is 1. The van der Waals surface area contributed by atoms with Crippen LogP contribution in [0, 0.1) is 30.1 Å². The quantitative estimate of drug-likeness (QED) is 0.186. The second-order valence-corrected chi connectivity index (χ2v) is 11.3. The van der Waals surface area contributed by atoms with E-state index in [0.717, 1.165) is 69.4 Å². The average Bonchev–Trinajstić information content (AvgIpc) is 2.89. The highest BCUT2D eigenvalue weighted by Gasteiger charge is 2.33. The van der Waals surface area contributed by atoms with Gasteiger partial charge in [0.15, 0.2) is 11.2 Å². The summed E-state index contributed by atoms with van der Waals surface area (Å²) in [5.74, 6) is 0.708. The first-order valence-corrected chi connectivity index (χ1v) is 14.3. The number of aryl methyl sites for hydroxylation is 1. The van der Waals surface area contributed by atoms with Gasteiger partial charge in [-0.15, -0.1) is 0 Å². The number of nitrogens with one attached hydrogen (secondary N) is 1. The van der Waals surface area contributed by atoms with Crippen LogP contribution in [0.5, 0.6) is 0 Å². The van der Waals surface area contributed by atoms with E-state index in [1.165, 1.54) is 0 Å². The summed E-state index contributed by atoms with van der Waals surface area (Å²) in [6.07, 6.45) is 15.1. The van der Waals surface area contributed by atoms with Crippen LogP contribution in [0.1, 0.15) is 67.8 Å². The SMILES string of the molecule is CCC/C=C(Cl)/C=C\C(=N)C1CC(CC(=O)c2cn(CC3CCOCC3)cc(-c3ccc(C)cc3)c2=O)C1. The molecule has 0 spiro atoms. The number of Topliss-reactive ketones (excluding diaryl/α,β-unsaturated/α-hetero) is 1. The van der Waals surface area contributed by atoms with Crippen LogP contribution in [0.3, 0.4) is 0 Å². The standard InChI is InChI=1S/C32H39ClN2O3/c1-3-4-5-27(33)10-11-30(34)26-16-24(17-26)18-31(36)29-21-35(19-23-12-14-38-15-13-23)20-28(32(29)37)25-8-6-22(2)7-9-25/h5-11,20-21,23-24,26,34H,3-4,12-19H2,1-2H3/b11-10-,27-5-,34-30?. The van der Waals surface area contributed by atoms with Crippen LogP contribution >= 0.6 is 11.6 Å². The van der Waals surface area contributed by atoms with Crippen molar-refractivity contribution in [3.63, 3.8) is 0 Å². The van der Waals surface area contributed by atoms with Crippen molar-refractivity contribution in [3.05, 3.63) is 81.3 Å². The van der Waals surface area contributed by atoms with Crippen molar-refractivity contribution in [1.29, 1.82) is 5.41 Å². The third-order valence-corrected chi connectivity index (χ3v) is 8.03.